The number of likely N-dealkylation sites (tertiary alicyclic amines) is 1. The van der Waals surface area contributed by atoms with Crippen molar-refractivity contribution in [3.05, 3.63) is 39.8 Å². The molecule has 0 aliphatic carbocycles. The summed E-state index contributed by atoms with van der Waals surface area (Å²) in [4.78, 5) is 28.6. The molecule has 1 aromatic carbocycles. The van der Waals surface area contributed by atoms with Gasteiger partial charge in [0, 0.05) is 30.4 Å². The smallest absolute Gasteiger partial charge is 0.435 e. The minimum atomic E-state index is -0.853. The third kappa shape index (κ3) is 4.23. The Kier molecular flexibility index (Phi) is 6.38. The van der Waals surface area contributed by atoms with Crippen LogP contribution in [0.5, 0.6) is 0 Å². The van der Waals surface area contributed by atoms with Crippen LogP contribution in [0.1, 0.15) is 36.2 Å². The number of carboxylic acid groups (broad SMARTS) is 1. The van der Waals surface area contributed by atoms with Gasteiger partial charge in [-0.3, -0.25) is 4.79 Å². The summed E-state index contributed by atoms with van der Waals surface area (Å²) >= 11 is 7.77. The Hall–Kier alpha value is -2.00. The number of piperidine rings is 2. The Bertz CT molecular complexity index is 907. The maximum atomic E-state index is 12.3. The van der Waals surface area contributed by atoms with Crippen LogP contribution >= 0.6 is 22.9 Å². The Balaban J connectivity index is 1.50. The van der Waals surface area contributed by atoms with E-state index in [1.54, 1.807) is 29.1 Å². The average molecular weight is 450 g/mol. The fourth-order valence-corrected chi connectivity index (χ4v) is 5.51. The van der Waals surface area contributed by atoms with Gasteiger partial charge in [0.2, 0.25) is 0 Å². The second-order valence-electron chi connectivity index (χ2n) is 8.11. The molecule has 2 aliphatic heterocycles. The molecule has 2 fully saturated rings. The van der Waals surface area contributed by atoms with E-state index in [-0.39, 0.29) is 10.4 Å². The van der Waals surface area contributed by atoms with Gasteiger partial charge in [0.15, 0.2) is 0 Å². The van der Waals surface area contributed by atoms with Gasteiger partial charge in [0.05, 0.1) is 29.3 Å². The topological polar surface area (TPSA) is 91.3 Å². The molecule has 2 amide bonds. The summed E-state index contributed by atoms with van der Waals surface area (Å²) < 4.78 is -0.110. The van der Waals surface area contributed by atoms with Crippen molar-refractivity contribution >= 4 is 46.3 Å². The number of aromatic nitrogens is 1. The number of rotatable bonds is 4. The molecule has 2 saturated heterocycles. The summed E-state index contributed by atoms with van der Waals surface area (Å²) in [7, 11) is 0. The van der Waals surface area contributed by atoms with Crippen molar-refractivity contribution in [1.82, 2.24) is 14.8 Å². The number of nitrogens with one attached hydrogen (secondary N) is 2. The molecule has 7 nitrogen and oxygen atoms in total. The van der Waals surface area contributed by atoms with Gasteiger partial charge in [0.25, 0.3) is 5.91 Å². The number of hydrogen-bond acceptors (Lipinski definition) is 5. The van der Waals surface area contributed by atoms with Crippen LogP contribution < -0.4 is 15.1 Å². The van der Waals surface area contributed by atoms with E-state index in [1.165, 1.54) is 24.2 Å². The van der Waals surface area contributed by atoms with Crippen LogP contribution in [0, 0.1) is 11.8 Å². The van der Waals surface area contributed by atoms with E-state index in [1.807, 2.05) is 0 Å². The molecule has 0 unspecified atom stereocenters. The Morgan fingerprint density at radius 1 is 1.17 bits per heavy atom. The number of amides is 2. The van der Waals surface area contributed by atoms with E-state index in [0.29, 0.717) is 47.0 Å². The van der Waals surface area contributed by atoms with Gasteiger partial charge in [-0.25, -0.2) is 4.98 Å². The lowest BCUT2D eigenvalue weighted by atomic mass is 9.78. The Morgan fingerprint density at radius 3 is 2.47 bits per heavy atom. The highest BCUT2D eigenvalue weighted by molar-refractivity contribution is 7.07. The maximum absolute atomic E-state index is 12.3. The largest absolute Gasteiger partial charge is 0.518 e. The standard InChI is InChI=1S/C21H25ClN4O3S/c22-17-11-16(1-2-18(17)25-20(27)19-12-30-13-24-19)26(21(28)29)9-5-15(6-10-26)14-3-7-23-8-4-14/h1-2,11-15,23H,3-10H2,(H-,25,27,28,29)/p+1. The second-order valence-corrected chi connectivity index (χ2v) is 9.24. The van der Waals surface area contributed by atoms with Crippen LogP contribution in [0.25, 0.3) is 0 Å². The first-order chi connectivity index (χ1) is 14.5. The quantitative estimate of drug-likeness (QED) is 0.600. The highest BCUT2D eigenvalue weighted by atomic mass is 35.5. The van der Waals surface area contributed by atoms with Crippen LogP contribution in [-0.2, 0) is 0 Å². The number of carbonyl (C=O) groups is 2. The molecule has 0 bridgehead atoms. The van der Waals surface area contributed by atoms with Crippen LogP contribution in [0.15, 0.2) is 29.1 Å². The monoisotopic (exact) mass is 449 g/mol. The average Bonchev–Trinajstić information content (AvgIpc) is 3.31. The molecule has 0 spiro atoms. The second kappa shape index (κ2) is 9.01. The molecule has 2 aliphatic rings. The van der Waals surface area contributed by atoms with Crippen LogP contribution in [0.2, 0.25) is 5.02 Å². The van der Waals surface area contributed by atoms with E-state index >= 15 is 0 Å². The number of quaternary nitrogens is 1. The summed E-state index contributed by atoms with van der Waals surface area (Å²) in [6, 6.07) is 5.13. The van der Waals surface area contributed by atoms with E-state index in [0.717, 1.165) is 25.9 Å². The van der Waals surface area contributed by atoms with Crippen molar-refractivity contribution in [3.8, 4) is 0 Å². The lowest BCUT2D eigenvalue weighted by Gasteiger charge is -2.41. The minimum Gasteiger partial charge on any atom is -0.435 e. The van der Waals surface area contributed by atoms with Crippen molar-refractivity contribution in [2.24, 2.45) is 11.8 Å². The number of carbonyl (C=O) groups excluding carboxylic acids is 1. The fourth-order valence-electron chi connectivity index (χ4n) is 4.76. The zero-order chi connectivity index (χ0) is 21.1. The van der Waals surface area contributed by atoms with Gasteiger partial charge in [-0.05, 0) is 43.8 Å². The molecule has 0 radical (unpaired) electrons. The van der Waals surface area contributed by atoms with E-state index in [9.17, 15) is 14.7 Å². The number of hydrogen-bond donors (Lipinski definition) is 3. The Morgan fingerprint density at radius 2 is 1.87 bits per heavy atom. The number of anilines is 1. The SMILES string of the molecule is O=C(Nc1ccc([N+]2(C(=O)O)CCC(C3CCNCC3)CC2)cc1Cl)c1cscn1. The molecule has 30 heavy (non-hydrogen) atoms. The fraction of sp³-hybridized carbons (Fsp3) is 0.476. The van der Waals surface area contributed by atoms with Gasteiger partial charge < -0.3 is 15.7 Å². The van der Waals surface area contributed by atoms with Crippen molar-refractivity contribution in [3.63, 3.8) is 0 Å². The van der Waals surface area contributed by atoms with Crippen molar-refractivity contribution in [2.45, 2.75) is 25.7 Å². The first-order valence-corrected chi connectivity index (χ1v) is 11.6. The number of benzene rings is 1. The predicted molar refractivity (Wildman–Crippen MR) is 119 cm³/mol. The molecule has 1 aromatic heterocycles. The highest BCUT2D eigenvalue weighted by Gasteiger charge is 2.45. The highest BCUT2D eigenvalue weighted by Crippen LogP contribution is 2.39. The molecular formula is C21H26ClN4O3S+. The van der Waals surface area contributed by atoms with Crippen molar-refractivity contribution < 1.29 is 14.7 Å². The number of thiazole rings is 1. The third-order valence-corrected chi connectivity index (χ3v) is 7.44. The van der Waals surface area contributed by atoms with Gasteiger partial charge in [0.1, 0.15) is 11.4 Å². The normalized spacial score (nSPS) is 25.0. The first-order valence-electron chi connectivity index (χ1n) is 10.3. The van der Waals surface area contributed by atoms with Crippen molar-refractivity contribution in [1.29, 1.82) is 0 Å². The zero-order valence-electron chi connectivity index (χ0n) is 16.6. The van der Waals surface area contributed by atoms with Crippen LogP contribution in [0.3, 0.4) is 0 Å². The van der Waals surface area contributed by atoms with Gasteiger partial charge in [-0.15, -0.1) is 11.3 Å². The predicted octanol–water partition coefficient (Wildman–Crippen LogP) is 4.44. The molecule has 0 atom stereocenters. The first kappa shape index (κ1) is 21.2. The molecule has 4 rings (SSSR count). The summed E-state index contributed by atoms with van der Waals surface area (Å²) in [5, 5.41) is 18.3. The molecule has 9 heteroatoms. The summed E-state index contributed by atoms with van der Waals surface area (Å²) in [5.74, 6) is 0.940. The summed E-state index contributed by atoms with van der Waals surface area (Å²) in [5.41, 5.74) is 3.03. The van der Waals surface area contributed by atoms with E-state index in [4.69, 9.17) is 11.6 Å². The maximum Gasteiger partial charge on any atom is 0.518 e. The van der Waals surface area contributed by atoms with Gasteiger partial charge >= 0.3 is 6.09 Å². The molecule has 0 saturated carbocycles. The van der Waals surface area contributed by atoms with E-state index in [2.05, 4.69) is 15.6 Å². The lowest BCUT2D eigenvalue weighted by Crippen LogP contribution is -2.58. The lowest BCUT2D eigenvalue weighted by molar-refractivity contribution is 0.102. The van der Waals surface area contributed by atoms with Gasteiger partial charge in [-0.2, -0.15) is 9.28 Å². The van der Waals surface area contributed by atoms with Crippen LogP contribution in [-0.4, -0.2) is 48.3 Å². The van der Waals surface area contributed by atoms with Crippen LogP contribution in [0.4, 0.5) is 16.2 Å². The number of nitrogens with zero attached hydrogens (tertiary/aromatic N) is 2. The molecule has 3 N–H and O–H groups in total. The van der Waals surface area contributed by atoms with Crippen molar-refractivity contribution in [2.75, 3.05) is 31.5 Å². The Labute approximate surface area is 184 Å². The third-order valence-electron chi connectivity index (χ3n) is 6.54. The molecule has 2 aromatic rings. The summed E-state index contributed by atoms with van der Waals surface area (Å²) in [6.45, 7) is 3.24. The number of halogens is 1. The molecule has 3 heterocycles. The summed E-state index contributed by atoms with van der Waals surface area (Å²) in [6.07, 6.45) is 3.30. The molecule has 160 valence electrons. The minimum absolute atomic E-state index is 0.110. The van der Waals surface area contributed by atoms with E-state index < -0.39 is 6.09 Å². The molecular weight excluding hydrogens is 424 g/mol. The van der Waals surface area contributed by atoms with Gasteiger partial charge in [-0.1, -0.05) is 11.6 Å². The zero-order valence-corrected chi connectivity index (χ0v) is 18.2.